The molecule has 1 N–H and O–H groups in total. The van der Waals surface area contributed by atoms with Crippen LogP contribution in [-0.4, -0.2) is 9.97 Å². The van der Waals surface area contributed by atoms with E-state index in [0.717, 1.165) is 24.2 Å². The fraction of sp³-hybridized carbons (Fsp3) is 0.286. The summed E-state index contributed by atoms with van der Waals surface area (Å²) >= 11 is 0. The van der Waals surface area contributed by atoms with Gasteiger partial charge in [0.25, 0.3) is 5.56 Å². The van der Waals surface area contributed by atoms with Gasteiger partial charge in [0.15, 0.2) is 0 Å². The number of benzene rings is 1. The summed E-state index contributed by atoms with van der Waals surface area (Å²) in [5.41, 5.74) is 0.953. The Balaban J connectivity index is 1.90. The van der Waals surface area contributed by atoms with Gasteiger partial charge in [-0.1, -0.05) is 12.1 Å². The smallest absolute Gasteiger partial charge is 0.254 e. The van der Waals surface area contributed by atoms with Gasteiger partial charge in [-0.15, -0.1) is 0 Å². The van der Waals surface area contributed by atoms with E-state index in [2.05, 4.69) is 9.97 Å². The summed E-state index contributed by atoms with van der Waals surface area (Å²) in [5.74, 6) is 2.21. The van der Waals surface area contributed by atoms with Crippen LogP contribution in [0.1, 0.15) is 30.1 Å². The first-order valence-electron chi connectivity index (χ1n) is 6.06. The van der Waals surface area contributed by atoms with Crippen molar-refractivity contribution in [2.45, 2.75) is 25.7 Å². The summed E-state index contributed by atoms with van der Waals surface area (Å²) in [5, 5.41) is 0. The molecule has 0 amide bonds. The van der Waals surface area contributed by atoms with E-state index >= 15 is 0 Å². The molecular formula is C14H14N2O2. The van der Waals surface area contributed by atoms with Crippen molar-refractivity contribution in [1.82, 2.24) is 9.97 Å². The number of hydrogen-bond donors (Lipinski definition) is 1. The second-order valence-corrected chi connectivity index (χ2v) is 4.66. The Morgan fingerprint density at radius 2 is 2.17 bits per heavy atom. The number of rotatable bonds is 3. The number of nitrogens with one attached hydrogen (secondary N) is 1. The molecule has 1 saturated carbocycles. The lowest BCUT2D eigenvalue weighted by molar-refractivity contribution is 0.457. The highest BCUT2D eigenvalue weighted by Crippen LogP contribution is 2.38. The van der Waals surface area contributed by atoms with Crippen molar-refractivity contribution in [2.75, 3.05) is 0 Å². The monoisotopic (exact) mass is 242 g/mol. The SMILES string of the molecule is Cc1cccc(Oc2cc(=O)[nH]c(C3CC3)n2)c1. The summed E-state index contributed by atoms with van der Waals surface area (Å²) < 4.78 is 5.63. The molecular weight excluding hydrogens is 228 g/mol. The number of ether oxygens (including phenoxy) is 1. The molecule has 1 aliphatic rings. The van der Waals surface area contributed by atoms with Crippen LogP contribution in [0.25, 0.3) is 0 Å². The van der Waals surface area contributed by atoms with Crippen molar-refractivity contribution in [1.29, 1.82) is 0 Å². The Labute approximate surface area is 105 Å². The van der Waals surface area contributed by atoms with Gasteiger partial charge in [0, 0.05) is 5.92 Å². The number of aromatic nitrogens is 2. The van der Waals surface area contributed by atoms with Crippen molar-refractivity contribution in [3.8, 4) is 11.6 Å². The highest BCUT2D eigenvalue weighted by Gasteiger charge is 2.26. The number of nitrogens with zero attached hydrogens (tertiary/aromatic N) is 1. The highest BCUT2D eigenvalue weighted by molar-refractivity contribution is 5.30. The average molecular weight is 242 g/mol. The van der Waals surface area contributed by atoms with E-state index in [1.165, 1.54) is 6.07 Å². The van der Waals surface area contributed by atoms with Gasteiger partial charge in [-0.05, 0) is 37.5 Å². The Hall–Kier alpha value is -2.10. The molecule has 0 spiro atoms. The largest absolute Gasteiger partial charge is 0.439 e. The van der Waals surface area contributed by atoms with Crippen LogP contribution in [0.4, 0.5) is 0 Å². The maximum absolute atomic E-state index is 11.5. The normalized spacial score (nSPS) is 14.5. The van der Waals surface area contributed by atoms with Crippen LogP contribution in [0, 0.1) is 6.92 Å². The number of aryl methyl sites for hydroxylation is 1. The zero-order chi connectivity index (χ0) is 12.5. The van der Waals surface area contributed by atoms with E-state index in [1.54, 1.807) is 0 Å². The van der Waals surface area contributed by atoms with Gasteiger partial charge in [-0.3, -0.25) is 4.79 Å². The van der Waals surface area contributed by atoms with Crippen LogP contribution in [0.3, 0.4) is 0 Å². The van der Waals surface area contributed by atoms with Gasteiger partial charge in [0.1, 0.15) is 11.6 Å². The van der Waals surface area contributed by atoms with Crippen molar-refractivity contribution >= 4 is 0 Å². The number of H-pyrrole nitrogens is 1. The Morgan fingerprint density at radius 1 is 1.33 bits per heavy atom. The van der Waals surface area contributed by atoms with Gasteiger partial charge in [0.05, 0.1) is 6.07 Å². The van der Waals surface area contributed by atoms with Gasteiger partial charge in [-0.25, -0.2) is 0 Å². The Kier molecular flexibility index (Phi) is 2.63. The Bertz CT molecular complexity index is 630. The molecule has 0 aliphatic heterocycles. The van der Waals surface area contributed by atoms with E-state index < -0.39 is 0 Å². The van der Waals surface area contributed by atoms with Crippen molar-refractivity contribution in [3.05, 3.63) is 52.1 Å². The number of aromatic amines is 1. The lowest BCUT2D eigenvalue weighted by Gasteiger charge is -2.06. The van der Waals surface area contributed by atoms with Crippen LogP contribution in [0.2, 0.25) is 0 Å². The second-order valence-electron chi connectivity index (χ2n) is 4.66. The first-order chi connectivity index (χ1) is 8.70. The molecule has 0 saturated heterocycles. The van der Waals surface area contributed by atoms with E-state index in [0.29, 0.717) is 17.5 Å². The molecule has 18 heavy (non-hydrogen) atoms. The minimum Gasteiger partial charge on any atom is -0.439 e. The number of hydrogen-bond acceptors (Lipinski definition) is 3. The van der Waals surface area contributed by atoms with Crippen molar-refractivity contribution in [2.24, 2.45) is 0 Å². The molecule has 0 bridgehead atoms. The molecule has 0 radical (unpaired) electrons. The zero-order valence-electron chi connectivity index (χ0n) is 10.1. The van der Waals surface area contributed by atoms with Gasteiger partial charge < -0.3 is 9.72 Å². The van der Waals surface area contributed by atoms with Gasteiger partial charge in [0.2, 0.25) is 5.88 Å². The molecule has 1 aliphatic carbocycles. The molecule has 1 heterocycles. The average Bonchev–Trinajstić information content (AvgIpc) is 3.11. The molecule has 4 heteroatoms. The maximum atomic E-state index is 11.5. The third-order valence-corrected chi connectivity index (χ3v) is 2.91. The standard InChI is InChI=1S/C14H14N2O2/c1-9-3-2-4-11(7-9)18-13-8-12(17)15-14(16-13)10-5-6-10/h2-4,7-8,10H,5-6H2,1H3,(H,15,16,17). The first kappa shape index (κ1) is 11.0. The molecule has 0 unspecified atom stereocenters. The second kappa shape index (κ2) is 4.29. The fourth-order valence-electron chi connectivity index (χ4n) is 1.86. The third-order valence-electron chi connectivity index (χ3n) is 2.91. The molecule has 1 fully saturated rings. The fourth-order valence-corrected chi connectivity index (χ4v) is 1.86. The van der Waals surface area contributed by atoms with Gasteiger partial charge >= 0.3 is 0 Å². The summed E-state index contributed by atoms with van der Waals surface area (Å²) in [7, 11) is 0. The minimum atomic E-state index is -0.158. The zero-order valence-corrected chi connectivity index (χ0v) is 10.1. The molecule has 1 aromatic heterocycles. The summed E-state index contributed by atoms with van der Waals surface area (Å²) in [6.07, 6.45) is 2.19. The van der Waals surface area contributed by atoms with Gasteiger partial charge in [-0.2, -0.15) is 4.98 Å². The molecule has 3 rings (SSSR count). The van der Waals surface area contributed by atoms with Crippen molar-refractivity contribution < 1.29 is 4.74 Å². The molecule has 4 nitrogen and oxygen atoms in total. The summed E-state index contributed by atoms with van der Waals surface area (Å²) in [6.45, 7) is 1.99. The lowest BCUT2D eigenvalue weighted by Crippen LogP contribution is -2.10. The predicted octanol–water partition coefficient (Wildman–Crippen LogP) is 2.75. The lowest BCUT2D eigenvalue weighted by atomic mass is 10.2. The summed E-state index contributed by atoms with van der Waals surface area (Å²) in [6, 6.07) is 9.06. The first-order valence-corrected chi connectivity index (χ1v) is 6.06. The minimum absolute atomic E-state index is 0.158. The molecule has 1 aromatic carbocycles. The van der Waals surface area contributed by atoms with Crippen LogP contribution in [0.5, 0.6) is 11.6 Å². The maximum Gasteiger partial charge on any atom is 0.254 e. The van der Waals surface area contributed by atoms with Crippen LogP contribution < -0.4 is 10.3 Å². The Morgan fingerprint density at radius 3 is 2.89 bits per heavy atom. The summed E-state index contributed by atoms with van der Waals surface area (Å²) in [4.78, 5) is 18.6. The van der Waals surface area contributed by atoms with Crippen molar-refractivity contribution in [3.63, 3.8) is 0 Å². The van der Waals surface area contributed by atoms with E-state index in [9.17, 15) is 4.79 Å². The third kappa shape index (κ3) is 2.42. The topological polar surface area (TPSA) is 55.0 Å². The van der Waals surface area contributed by atoms with E-state index in [-0.39, 0.29) is 5.56 Å². The highest BCUT2D eigenvalue weighted by atomic mass is 16.5. The van der Waals surface area contributed by atoms with Crippen LogP contribution in [0.15, 0.2) is 35.1 Å². The van der Waals surface area contributed by atoms with Crippen LogP contribution >= 0.6 is 0 Å². The van der Waals surface area contributed by atoms with E-state index in [4.69, 9.17) is 4.74 Å². The quantitative estimate of drug-likeness (QED) is 0.900. The predicted molar refractivity (Wildman–Crippen MR) is 68.1 cm³/mol. The molecule has 0 atom stereocenters. The molecule has 92 valence electrons. The van der Waals surface area contributed by atoms with E-state index in [1.807, 2.05) is 31.2 Å². The molecule has 2 aromatic rings. The van der Waals surface area contributed by atoms with Crippen LogP contribution in [-0.2, 0) is 0 Å².